The van der Waals surface area contributed by atoms with Crippen LogP contribution in [-0.4, -0.2) is 5.96 Å². The summed E-state index contributed by atoms with van der Waals surface area (Å²) < 4.78 is 37.4. The van der Waals surface area contributed by atoms with E-state index in [1.807, 2.05) is 0 Å². The number of nitrogens with zero attached hydrogens (tertiary/aromatic N) is 1. The van der Waals surface area contributed by atoms with Crippen LogP contribution in [0.4, 0.5) is 18.9 Å². The van der Waals surface area contributed by atoms with Crippen LogP contribution in [0.15, 0.2) is 17.1 Å². The van der Waals surface area contributed by atoms with Gasteiger partial charge in [0.2, 0.25) is 0 Å². The van der Waals surface area contributed by atoms with Crippen molar-refractivity contribution < 1.29 is 13.2 Å². The Hall–Kier alpha value is -1.72. The van der Waals surface area contributed by atoms with Crippen molar-refractivity contribution in [2.45, 2.75) is 0 Å². The average molecular weight is 189 g/mol. The summed E-state index contributed by atoms with van der Waals surface area (Å²) in [7, 11) is 0. The summed E-state index contributed by atoms with van der Waals surface area (Å²) in [5.41, 5.74) is 9.73. The van der Waals surface area contributed by atoms with Gasteiger partial charge in [0, 0.05) is 12.1 Å². The van der Waals surface area contributed by atoms with Crippen LogP contribution >= 0.6 is 0 Å². The van der Waals surface area contributed by atoms with Crippen LogP contribution in [0.1, 0.15) is 0 Å². The molecule has 0 radical (unpaired) electrons. The molecule has 0 fully saturated rings. The lowest BCUT2D eigenvalue weighted by Gasteiger charge is -1.97. The molecule has 0 heterocycles. The zero-order valence-electron chi connectivity index (χ0n) is 6.39. The van der Waals surface area contributed by atoms with Crippen molar-refractivity contribution in [3.8, 4) is 0 Å². The third-order valence-corrected chi connectivity index (χ3v) is 1.23. The molecule has 0 saturated carbocycles. The fourth-order valence-corrected chi connectivity index (χ4v) is 0.756. The zero-order chi connectivity index (χ0) is 10.0. The van der Waals surface area contributed by atoms with Gasteiger partial charge >= 0.3 is 0 Å². The van der Waals surface area contributed by atoms with Crippen LogP contribution in [0.3, 0.4) is 0 Å². The summed E-state index contributed by atoms with van der Waals surface area (Å²) in [6.45, 7) is 0. The number of nitrogens with two attached hydrogens (primary N) is 2. The maximum absolute atomic E-state index is 12.5. The van der Waals surface area contributed by atoms with Crippen LogP contribution in [0.2, 0.25) is 0 Å². The van der Waals surface area contributed by atoms with Crippen LogP contribution in [0.25, 0.3) is 0 Å². The third-order valence-electron chi connectivity index (χ3n) is 1.23. The first-order chi connectivity index (χ1) is 6.00. The summed E-state index contributed by atoms with van der Waals surface area (Å²) in [6, 6.07) is 1.39. The molecule has 70 valence electrons. The quantitative estimate of drug-likeness (QED) is 0.393. The number of hydrogen-bond acceptors (Lipinski definition) is 1. The van der Waals surface area contributed by atoms with Gasteiger partial charge in [0.15, 0.2) is 23.4 Å². The van der Waals surface area contributed by atoms with Gasteiger partial charge in [-0.2, -0.15) is 0 Å². The first kappa shape index (κ1) is 9.37. The Balaban J connectivity index is 3.21. The Morgan fingerprint density at radius 3 is 1.92 bits per heavy atom. The van der Waals surface area contributed by atoms with Gasteiger partial charge in [-0.3, -0.25) is 0 Å². The highest BCUT2D eigenvalue weighted by Gasteiger charge is 2.09. The van der Waals surface area contributed by atoms with Gasteiger partial charge in [0.1, 0.15) is 0 Å². The molecule has 0 amide bonds. The summed E-state index contributed by atoms with van der Waals surface area (Å²) in [5, 5.41) is 0. The number of aliphatic imine (C=N–C) groups is 1. The molecule has 6 heteroatoms. The molecular weight excluding hydrogens is 183 g/mol. The van der Waals surface area contributed by atoms with Crippen LogP contribution in [-0.2, 0) is 0 Å². The Morgan fingerprint density at radius 2 is 1.54 bits per heavy atom. The Bertz CT molecular complexity index is 335. The molecule has 0 aliphatic rings. The third kappa shape index (κ3) is 2.11. The van der Waals surface area contributed by atoms with Crippen molar-refractivity contribution in [1.29, 1.82) is 0 Å². The lowest BCUT2D eigenvalue weighted by atomic mass is 10.3. The molecule has 0 spiro atoms. The molecule has 0 saturated heterocycles. The summed E-state index contributed by atoms with van der Waals surface area (Å²) in [6.07, 6.45) is 0. The van der Waals surface area contributed by atoms with Gasteiger partial charge in [-0.05, 0) is 0 Å². The number of halogens is 3. The topological polar surface area (TPSA) is 64.4 Å². The molecule has 0 aromatic heterocycles. The van der Waals surface area contributed by atoms with Crippen LogP contribution in [0, 0.1) is 17.5 Å². The molecule has 0 aliphatic carbocycles. The van der Waals surface area contributed by atoms with E-state index in [0.717, 1.165) is 0 Å². The van der Waals surface area contributed by atoms with E-state index in [-0.39, 0.29) is 11.6 Å². The number of hydrogen-bond donors (Lipinski definition) is 2. The van der Waals surface area contributed by atoms with Gasteiger partial charge in [-0.1, -0.05) is 0 Å². The van der Waals surface area contributed by atoms with Crippen molar-refractivity contribution in [3.63, 3.8) is 0 Å². The molecule has 3 nitrogen and oxygen atoms in total. The maximum atomic E-state index is 12.5. The smallest absolute Gasteiger partial charge is 0.194 e. The van der Waals surface area contributed by atoms with Gasteiger partial charge in [0.25, 0.3) is 0 Å². The fourth-order valence-electron chi connectivity index (χ4n) is 0.756. The second-order valence-electron chi connectivity index (χ2n) is 2.26. The van der Waals surface area contributed by atoms with E-state index in [0.29, 0.717) is 12.1 Å². The van der Waals surface area contributed by atoms with Gasteiger partial charge < -0.3 is 11.5 Å². The van der Waals surface area contributed by atoms with E-state index in [2.05, 4.69) is 4.99 Å². The van der Waals surface area contributed by atoms with Crippen molar-refractivity contribution in [2.24, 2.45) is 16.5 Å². The first-order valence-electron chi connectivity index (χ1n) is 3.25. The zero-order valence-corrected chi connectivity index (χ0v) is 6.39. The summed E-state index contributed by atoms with van der Waals surface area (Å²) >= 11 is 0. The highest BCUT2D eigenvalue weighted by Crippen LogP contribution is 2.19. The van der Waals surface area contributed by atoms with E-state index in [1.54, 1.807) is 0 Å². The lowest BCUT2D eigenvalue weighted by Crippen LogP contribution is -2.21. The molecule has 0 bridgehead atoms. The normalized spacial score (nSPS) is 9.77. The van der Waals surface area contributed by atoms with Crippen molar-refractivity contribution in [2.75, 3.05) is 0 Å². The molecule has 1 aromatic rings. The van der Waals surface area contributed by atoms with Gasteiger partial charge in [-0.15, -0.1) is 0 Å². The highest BCUT2D eigenvalue weighted by atomic mass is 19.2. The molecule has 1 aromatic carbocycles. The SMILES string of the molecule is NC(N)=Nc1cc(F)c(F)c(F)c1. The molecule has 0 aliphatic heterocycles. The van der Waals surface area contributed by atoms with E-state index < -0.39 is 17.5 Å². The maximum Gasteiger partial charge on any atom is 0.194 e. The Kier molecular flexibility index (Phi) is 2.41. The summed E-state index contributed by atoms with van der Waals surface area (Å²) in [4.78, 5) is 3.35. The average Bonchev–Trinajstić information content (AvgIpc) is 1.98. The monoisotopic (exact) mass is 189 g/mol. The molecule has 4 N–H and O–H groups in total. The van der Waals surface area contributed by atoms with Crippen LogP contribution < -0.4 is 11.5 Å². The first-order valence-corrected chi connectivity index (χ1v) is 3.25. The Labute approximate surface area is 71.9 Å². The molecule has 1 rings (SSSR count). The van der Waals surface area contributed by atoms with E-state index in [9.17, 15) is 13.2 Å². The second kappa shape index (κ2) is 3.34. The van der Waals surface area contributed by atoms with E-state index >= 15 is 0 Å². The number of guanidine groups is 1. The predicted molar refractivity (Wildman–Crippen MR) is 41.8 cm³/mol. The van der Waals surface area contributed by atoms with Crippen molar-refractivity contribution in [3.05, 3.63) is 29.6 Å². The molecule has 0 atom stereocenters. The van der Waals surface area contributed by atoms with Crippen LogP contribution in [0.5, 0.6) is 0 Å². The predicted octanol–water partition coefficient (Wildman–Crippen LogP) is 1.01. The molecule has 0 unspecified atom stereocenters. The van der Waals surface area contributed by atoms with Crippen molar-refractivity contribution in [1.82, 2.24) is 0 Å². The number of benzene rings is 1. The van der Waals surface area contributed by atoms with Crippen molar-refractivity contribution >= 4 is 11.6 Å². The highest BCUT2D eigenvalue weighted by molar-refractivity contribution is 5.78. The minimum absolute atomic E-state index is 0.170. The van der Waals surface area contributed by atoms with E-state index in [4.69, 9.17) is 11.5 Å². The largest absolute Gasteiger partial charge is 0.370 e. The Morgan fingerprint density at radius 1 is 1.08 bits per heavy atom. The number of rotatable bonds is 1. The lowest BCUT2D eigenvalue weighted by molar-refractivity contribution is 0.447. The molecular formula is C7H6F3N3. The second-order valence-corrected chi connectivity index (χ2v) is 2.26. The summed E-state index contributed by atoms with van der Waals surface area (Å²) in [5.74, 6) is -4.57. The minimum atomic E-state index is -1.55. The van der Waals surface area contributed by atoms with Gasteiger partial charge in [-0.25, -0.2) is 18.2 Å². The minimum Gasteiger partial charge on any atom is -0.370 e. The standard InChI is InChI=1S/C7H6F3N3/c8-4-1-3(13-7(11)12)2-5(9)6(4)10/h1-2H,(H4,11,12,13). The fraction of sp³-hybridized carbons (Fsp3) is 0. The van der Waals surface area contributed by atoms with Gasteiger partial charge in [0.05, 0.1) is 5.69 Å². The van der Waals surface area contributed by atoms with E-state index in [1.165, 1.54) is 0 Å². The molecule has 13 heavy (non-hydrogen) atoms.